The van der Waals surface area contributed by atoms with Crippen LogP contribution in [0.1, 0.15) is 76.1 Å². The summed E-state index contributed by atoms with van der Waals surface area (Å²) in [5.41, 5.74) is 30.7. The average molecular weight is 1070 g/mol. The number of aliphatic imine (C=N–C) groups is 1. The first kappa shape index (κ1) is 56.4. The molecule has 0 radical (unpaired) electrons. The van der Waals surface area contributed by atoms with E-state index in [-0.39, 0.29) is 48.8 Å². The highest BCUT2D eigenvalue weighted by atomic mass is 127. The average Bonchev–Trinajstić information content (AvgIpc) is 3.33. The fourth-order valence-electron chi connectivity index (χ4n) is 8.00. The van der Waals surface area contributed by atoms with E-state index in [1.165, 1.54) is 21.6 Å². The van der Waals surface area contributed by atoms with Crippen LogP contribution in [0, 0.1) is 0 Å². The fraction of sp³-hybridized carbons (Fsp3) is 0.578. The Labute approximate surface area is 408 Å². The molecular formula is C45H69IN10O12. The number of benzene rings is 2. The summed E-state index contributed by atoms with van der Waals surface area (Å²) in [4.78, 5) is 39.9. The van der Waals surface area contributed by atoms with Crippen molar-refractivity contribution in [2.24, 2.45) is 16.5 Å². The van der Waals surface area contributed by atoms with Gasteiger partial charge in [-0.15, -0.1) is 0 Å². The molecule has 1 aliphatic carbocycles. The number of rotatable bonds is 27. The molecule has 0 saturated carbocycles. The van der Waals surface area contributed by atoms with Crippen LogP contribution < -0.4 is 33.6 Å². The van der Waals surface area contributed by atoms with Gasteiger partial charge in [-0.25, -0.2) is 9.97 Å². The molecule has 23 heteroatoms. The van der Waals surface area contributed by atoms with E-state index in [2.05, 4.69) is 60.3 Å². The number of fused-ring (bicyclic) bond motifs is 1. The van der Waals surface area contributed by atoms with Gasteiger partial charge in [0.2, 0.25) is 5.91 Å². The van der Waals surface area contributed by atoms with Gasteiger partial charge in [-0.2, -0.15) is 0 Å². The molecule has 9 atom stereocenters. The van der Waals surface area contributed by atoms with Crippen molar-refractivity contribution >= 4 is 57.7 Å². The molecule has 4 rings (SSSR count). The highest BCUT2D eigenvalue weighted by Gasteiger charge is 2.34. The molecule has 0 spiro atoms. The van der Waals surface area contributed by atoms with E-state index in [0.717, 1.165) is 56.1 Å². The number of unbranched alkanes of at least 4 members (excludes halogenated alkanes) is 1. The fourth-order valence-corrected chi connectivity index (χ4v) is 8.56. The number of alkyl halides is 1. The monoisotopic (exact) mass is 1070 g/mol. The molecule has 0 bridgehead atoms. The zero-order chi connectivity index (χ0) is 50.1. The maximum Gasteiger partial charge on any atom is 0.280 e. The van der Waals surface area contributed by atoms with E-state index in [1.807, 2.05) is 12.1 Å². The second-order valence-corrected chi connectivity index (χ2v) is 17.9. The number of nitrogen functional groups attached to an aromatic ring is 2. The SMILES string of the molecule is NC(=NCCCCc1ccc(CC(N)C(=O)Nc2ccc(CCCN(CC(O)C(O)C(O)C(O)CO)CC(O)C(O)C(O)C(O)CO)cc2)c2c1CCCC2)NC(=O)c1nc(CI)c(N)nc1N. The Hall–Kier alpha value is -4.22. The first-order valence-electron chi connectivity index (χ1n) is 22.6. The number of aliphatic hydroxyl groups is 10. The lowest BCUT2D eigenvalue weighted by Gasteiger charge is -2.33. The van der Waals surface area contributed by atoms with Crippen molar-refractivity contribution < 1.29 is 60.7 Å². The number of nitrogens with two attached hydrogens (primary N) is 4. The number of halogens is 1. The summed E-state index contributed by atoms with van der Waals surface area (Å²) in [6, 6.07) is 10.5. The lowest BCUT2D eigenvalue weighted by atomic mass is 9.82. The van der Waals surface area contributed by atoms with Crippen molar-refractivity contribution in [2.75, 3.05) is 56.2 Å². The van der Waals surface area contributed by atoms with Gasteiger partial charge in [0.1, 0.15) is 42.4 Å². The Morgan fingerprint density at radius 1 is 0.735 bits per heavy atom. The maximum atomic E-state index is 13.3. The van der Waals surface area contributed by atoms with Crippen molar-refractivity contribution in [1.82, 2.24) is 20.2 Å². The zero-order valence-electron chi connectivity index (χ0n) is 37.9. The largest absolute Gasteiger partial charge is 0.394 e. The topological polar surface area (TPSA) is 406 Å². The molecule has 9 unspecified atom stereocenters. The van der Waals surface area contributed by atoms with Crippen LogP contribution in [-0.2, 0) is 41.3 Å². The number of carbonyl (C=O) groups excluding carboxylic acids is 2. The molecular weight excluding hydrogens is 999 g/mol. The van der Waals surface area contributed by atoms with Gasteiger partial charge in [-0.1, -0.05) is 46.9 Å². The zero-order valence-corrected chi connectivity index (χ0v) is 40.1. The Balaban J connectivity index is 1.28. The molecule has 2 aromatic carbocycles. The second-order valence-electron chi connectivity index (χ2n) is 17.1. The maximum absolute atomic E-state index is 13.3. The van der Waals surface area contributed by atoms with Gasteiger partial charge >= 0.3 is 0 Å². The van der Waals surface area contributed by atoms with E-state index in [0.29, 0.717) is 41.6 Å². The van der Waals surface area contributed by atoms with Crippen molar-refractivity contribution in [3.05, 3.63) is 75.6 Å². The number of amides is 2. The van der Waals surface area contributed by atoms with E-state index >= 15 is 0 Å². The predicted molar refractivity (Wildman–Crippen MR) is 262 cm³/mol. The molecule has 1 aromatic heterocycles. The van der Waals surface area contributed by atoms with Crippen LogP contribution in [0.4, 0.5) is 17.3 Å². The van der Waals surface area contributed by atoms with Crippen LogP contribution in [-0.4, -0.2) is 178 Å². The molecule has 2 amide bonds. The third-order valence-electron chi connectivity index (χ3n) is 12.0. The Morgan fingerprint density at radius 2 is 1.29 bits per heavy atom. The van der Waals surface area contributed by atoms with E-state index in [4.69, 9.17) is 33.1 Å². The van der Waals surface area contributed by atoms with E-state index in [1.54, 1.807) is 12.1 Å². The first-order chi connectivity index (χ1) is 32.4. The Kier molecular flexibility index (Phi) is 23.1. The van der Waals surface area contributed by atoms with Gasteiger partial charge in [0.25, 0.3) is 5.91 Å². The predicted octanol–water partition coefficient (Wildman–Crippen LogP) is -2.86. The van der Waals surface area contributed by atoms with Crippen LogP contribution in [0.15, 0.2) is 41.4 Å². The van der Waals surface area contributed by atoms with Crippen LogP contribution in [0.3, 0.4) is 0 Å². The normalized spacial score (nSPS) is 17.0. The van der Waals surface area contributed by atoms with Crippen LogP contribution in [0.5, 0.6) is 0 Å². The minimum atomic E-state index is -1.89. The molecule has 20 N–H and O–H groups in total. The Bertz CT molecular complexity index is 2080. The number of anilines is 3. The summed E-state index contributed by atoms with van der Waals surface area (Å²) in [5.74, 6) is -0.947. The Morgan fingerprint density at radius 3 is 1.87 bits per heavy atom. The molecule has 0 aliphatic heterocycles. The van der Waals surface area contributed by atoms with E-state index in [9.17, 15) is 50.4 Å². The molecule has 0 saturated heterocycles. The third-order valence-corrected chi connectivity index (χ3v) is 12.7. The quantitative estimate of drug-likeness (QED) is 0.0120. The minimum absolute atomic E-state index is 0.0500. The molecule has 22 nitrogen and oxygen atoms in total. The van der Waals surface area contributed by atoms with Gasteiger partial charge in [-0.05, 0) is 111 Å². The second kappa shape index (κ2) is 27.8. The molecule has 1 heterocycles. The highest BCUT2D eigenvalue weighted by Crippen LogP contribution is 2.30. The van der Waals surface area contributed by atoms with Crippen LogP contribution in [0.2, 0.25) is 0 Å². The number of nitrogens with zero attached hydrogens (tertiary/aromatic N) is 4. The van der Waals surface area contributed by atoms with Gasteiger partial charge in [-0.3, -0.25) is 24.8 Å². The molecule has 0 fully saturated rings. The molecule has 3 aromatic rings. The summed E-state index contributed by atoms with van der Waals surface area (Å²) < 4.78 is 0.452. The molecule has 378 valence electrons. The number of aliphatic hydroxyl groups excluding tert-OH is 10. The molecule has 68 heavy (non-hydrogen) atoms. The summed E-state index contributed by atoms with van der Waals surface area (Å²) in [5, 5.41) is 105. The number of aryl methyl sites for hydroxylation is 2. The van der Waals surface area contributed by atoms with Gasteiger partial charge in [0.05, 0.1) is 37.2 Å². The number of aromatic nitrogens is 2. The minimum Gasteiger partial charge on any atom is -0.394 e. The van der Waals surface area contributed by atoms with Gasteiger partial charge in [0.15, 0.2) is 17.5 Å². The van der Waals surface area contributed by atoms with Crippen molar-refractivity contribution in [2.45, 2.75) is 124 Å². The van der Waals surface area contributed by atoms with Gasteiger partial charge in [0, 0.05) is 29.7 Å². The highest BCUT2D eigenvalue weighted by molar-refractivity contribution is 14.1. The summed E-state index contributed by atoms with van der Waals surface area (Å²) in [6.07, 6.45) is -6.75. The third kappa shape index (κ3) is 16.5. The standard InChI is InChI=1S/C45H69IN10O12/c46-19-31-41(48)54-42(49)36(53-31)44(68)55-45(50)51-16-4-3-7-25-12-13-26(29-9-2-1-8-28(25)29)18-30(47)43(67)52-27-14-10-24(11-15-27)6-5-17-56(20-32(59)37(63)39(65)34(61)22-57)21-33(60)38(64)40(66)35(62)23-58/h10-15,30,32-35,37-40,57-66H,1-9,16-23,47H2,(H,52,67)(H4,48,49,54)(H3,50,51,55,68). The molecule has 1 aliphatic rings. The van der Waals surface area contributed by atoms with Crippen LogP contribution >= 0.6 is 22.6 Å². The van der Waals surface area contributed by atoms with E-state index < -0.39 is 74.0 Å². The summed E-state index contributed by atoms with van der Waals surface area (Å²) in [6.45, 7) is -1.91. The number of hydrogen-bond donors (Lipinski definition) is 16. The van der Waals surface area contributed by atoms with Crippen molar-refractivity contribution in [1.29, 1.82) is 0 Å². The van der Waals surface area contributed by atoms with Crippen molar-refractivity contribution in [3.8, 4) is 0 Å². The van der Waals surface area contributed by atoms with Crippen LogP contribution in [0.25, 0.3) is 0 Å². The number of nitrogens with one attached hydrogen (secondary N) is 2. The number of guanidine groups is 1. The smallest absolute Gasteiger partial charge is 0.280 e. The number of hydrogen-bond acceptors (Lipinski definition) is 19. The van der Waals surface area contributed by atoms with Gasteiger partial charge < -0.3 is 79.3 Å². The number of carbonyl (C=O) groups is 2. The summed E-state index contributed by atoms with van der Waals surface area (Å²) >= 11 is 2.06. The van der Waals surface area contributed by atoms with Crippen molar-refractivity contribution in [3.63, 3.8) is 0 Å². The lowest BCUT2D eigenvalue weighted by molar-refractivity contribution is -0.130. The summed E-state index contributed by atoms with van der Waals surface area (Å²) in [7, 11) is 0. The first-order valence-corrected chi connectivity index (χ1v) is 24.2. The lowest BCUT2D eigenvalue weighted by Crippen LogP contribution is -2.53.